The van der Waals surface area contributed by atoms with Crippen molar-refractivity contribution in [3.8, 4) is 0 Å². The first-order valence-corrected chi connectivity index (χ1v) is 8.30. The molecular weight excluding hydrogens is 397 g/mol. The van der Waals surface area contributed by atoms with Gasteiger partial charge >= 0.3 is 12.1 Å². The molecule has 0 spiro atoms. The maximum absolute atomic E-state index is 12.2. The molecule has 0 aromatic heterocycles. The summed E-state index contributed by atoms with van der Waals surface area (Å²) in [6, 6.07) is 5.92. The van der Waals surface area contributed by atoms with E-state index >= 15 is 0 Å². The molecule has 0 saturated carbocycles. The summed E-state index contributed by atoms with van der Waals surface area (Å²) in [6.07, 6.45) is -0.917. The Kier molecular flexibility index (Phi) is 5.83. The summed E-state index contributed by atoms with van der Waals surface area (Å²) in [6.45, 7) is 2.87. The number of hydrogen-bond donors (Lipinski definition) is 0. The van der Waals surface area contributed by atoms with Gasteiger partial charge in [0.1, 0.15) is 12.2 Å². The Morgan fingerprint density at radius 3 is 2.68 bits per heavy atom. The van der Waals surface area contributed by atoms with E-state index in [4.69, 9.17) is 13.6 Å². The number of nitrogens with zero attached hydrogens (tertiary/aromatic N) is 1. The molecule has 0 bridgehead atoms. The zero-order valence-electron chi connectivity index (χ0n) is 15.9. The average Bonchev–Trinajstić information content (AvgIpc) is 2.45. The topological polar surface area (TPSA) is 55.8 Å². The van der Waals surface area contributed by atoms with Gasteiger partial charge in [-0.2, -0.15) is 0 Å². The Morgan fingerprint density at radius 2 is 2.09 bits per heavy atom. The molecule has 0 fully saturated rings. The van der Waals surface area contributed by atoms with Crippen molar-refractivity contribution in [3.05, 3.63) is 35.9 Å². The number of esters is 1. The summed E-state index contributed by atoms with van der Waals surface area (Å²) in [5, 5.41) is 0. The van der Waals surface area contributed by atoms with Gasteiger partial charge in [0.25, 0.3) is 0 Å². The normalized spacial score (nSPS) is 13.5. The van der Waals surface area contributed by atoms with Crippen LogP contribution in [0.4, 0.5) is 4.79 Å². The van der Waals surface area contributed by atoms with Gasteiger partial charge in [-0.1, -0.05) is 52.9 Å². The van der Waals surface area contributed by atoms with Crippen LogP contribution in [-0.2, 0) is 20.8 Å². The predicted molar refractivity (Wildman–Crippen MR) is 92.7 cm³/mol. The lowest BCUT2D eigenvalue weighted by Gasteiger charge is -2.22. The van der Waals surface area contributed by atoms with E-state index in [1.54, 1.807) is 32.9 Å². The monoisotopic (exact) mass is 425 g/mol. The van der Waals surface area contributed by atoms with E-state index in [2.05, 4.69) is 0 Å². The minimum Gasteiger partial charge on any atom is -0.460 e. The van der Waals surface area contributed by atoms with E-state index in [1.807, 2.05) is 22.6 Å². The van der Waals surface area contributed by atoms with Crippen molar-refractivity contribution in [1.82, 2.24) is 4.90 Å². The summed E-state index contributed by atoms with van der Waals surface area (Å²) >= 11 is 1.93. The van der Waals surface area contributed by atoms with Crippen LogP contribution in [0.3, 0.4) is 0 Å². The highest BCUT2D eigenvalue weighted by atomic mass is 127. The second-order valence-electron chi connectivity index (χ2n) is 5.47. The highest BCUT2D eigenvalue weighted by Gasteiger charge is 2.19. The number of carbonyl (C=O) groups excluding carboxylic acids is 2. The number of amides is 1. The van der Waals surface area contributed by atoms with Crippen LogP contribution in [0.25, 0.3) is 0 Å². The largest absolute Gasteiger partial charge is 0.460 e. The van der Waals surface area contributed by atoms with Crippen LogP contribution in [0, 0.1) is 0 Å². The maximum atomic E-state index is 12.2. The first-order valence-electron chi connectivity index (χ1n) is 8.28. The molecule has 6 heteroatoms. The van der Waals surface area contributed by atoms with Gasteiger partial charge in [-0.15, -0.1) is 0 Å². The van der Waals surface area contributed by atoms with Gasteiger partial charge in [-0.05, 0) is 26.3 Å². The van der Waals surface area contributed by atoms with Crippen LogP contribution in [0.15, 0.2) is 30.3 Å². The van der Waals surface area contributed by atoms with Crippen LogP contribution >= 0.6 is 22.6 Å². The number of alkyl halides is 1. The number of benzene rings is 1. The molecule has 1 rings (SSSR count). The van der Waals surface area contributed by atoms with Gasteiger partial charge in [0.15, 0.2) is 0 Å². The van der Waals surface area contributed by atoms with Gasteiger partial charge in [-0.3, -0.25) is 9.69 Å². The second-order valence-corrected chi connectivity index (χ2v) is 6.15. The number of carbonyl (C=O) groups is 2. The third-order valence-electron chi connectivity index (χ3n) is 2.37. The lowest BCUT2D eigenvalue weighted by atomic mass is 10.2. The van der Waals surface area contributed by atoms with Crippen molar-refractivity contribution in [2.45, 2.75) is 39.4 Å². The average molecular weight is 425 g/mol. The van der Waals surface area contributed by atoms with Crippen molar-refractivity contribution >= 4 is 34.7 Å². The predicted octanol–water partition coefficient (Wildman–Crippen LogP) is 3.75. The quantitative estimate of drug-likeness (QED) is 0.302. The molecule has 5 nitrogen and oxygen atoms in total. The third kappa shape index (κ3) is 7.63. The Bertz CT molecular complexity index is 620. The van der Waals surface area contributed by atoms with E-state index in [9.17, 15) is 9.59 Å². The molecule has 0 aliphatic carbocycles. The van der Waals surface area contributed by atoms with E-state index in [1.165, 1.54) is 17.0 Å². The lowest BCUT2D eigenvalue weighted by molar-refractivity contribution is -0.155. The summed E-state index contributed by atoms with van der Waals surface area (Å²) < 4.78 is 33.9. The maximum Gasteiger partial charge on any atom is 0.410 e. The summed E-state index contributed by atoms with van der Waals surface area (Å²) in [7, 11) is 0. The fraction of sp³-hybridized carbons (Fsp3) is 0.500. The van der Waals surface area contributed by atoms with Gasteiger partial charge in [0, 0.05) is 6.54 Å². The number of rotatable bonds is 6. The van der Waals surface area contributed by atoms with Crippen molar-refractivity contribution in [3.63, 3.8) is 0 Å². The molecular formula is C16H22INO4. The third-order valence-corrected chi connectivity index (χ3v) is 3.19. The highest BCUT2D eigenvalue weighted by Crippen LogP contribution is 2.10. The molecule has 0 saturated heterocycles. The molecule has 0 aliphatic heterocycles. The van der Waals surface area contributed by atoms with Crippen molar-refractivity contribution in [1.29, 1.82) is 0 Å². The first kappa shape index (κ1) is 14.3. The Morgan fingerprint density at radius 1 is 1.36 bits per heavy atom. The zero-order valence-corrected chi connectivity index (χ0v) is 15.0. The molecule has 0 aliphatic rings. The molecule has 0 atom stereocenters. The zero-order chi connectivity index (χ0) is 19.3. The lowest BCUT2D eigenvalue weighted by Crippen LogP contribution is -2.33. The van der Waals surface area contributed by atoms with Crippen LogP contribution in [0.2, 0.25) is 0 Å². The van der Waals surface area contributed by atoms with Gasteiger partial charge < -0.3 is 9.47 Å². The first-order chi connectivity index (χ1) is 11.5. The number of hydrogen-bond acceptors (Lipinski definition) is 4. The van der Waals surface area contributed by atoms with Crippen LogP contribution in [-0.4, -0.2) is 33.7 Å². The second kappa shape index (κ2) is 8.97. The van der Waals surface area contributed by atoms with Crippen LogP contribution < -0.4 is 0 Å². The summed E-state index contributed by atoms with van der Waals surface area (Å²) in [5.74, 6) is -0.449. The Balaban J connectivity index is 2.70. The van der Waals surface area contributed by atoms with Crippen molar-refractivity contribution in [2.24, 2.45) is 0 Å². The molecule has 1 aromatic rings. The fourth-order valence-electron chi connectivity index (χ4n) is 1.44. The number of halogens is 1. The smallest absolute Gasteiger partial charge is 0.410 e. The molecule has 1 amide bonds. The Labute approximate surface area is 149 Å². The minimum absolute atomic E-state index is 0.0204. The van der Waals surface area contributed by atoms with Gasteiger partial charge in [0.05, 0.1) is 15.1 Å². The summed E-state index contributed by atoms with van der Waals surface area (Å²) in [4.78, 5) is 25.2. The Hall–Kier alpha value is -1.31. The van der Waals surface area contributed by atoms with E-state index in [0.717, 1.165) is 0 Å². The molecule has 1 aromatic carbocycles. The van der Waals surface area contributed by atoms with Crippen LogP contribution in [0.1, 0.15) is 36.9 Å². The standard InChI is InChI=1S/C16H22INO4/c1-16(2,3)22-14(19)9-10-18(12-17)15(20)21-11-13-7-5-4-6-8-13/h4-8H,9-12H2,1-3H3/i7T,11T2. The summed E-state index contributed by atoms with van der Waals surface area (Å²) in [5.41, 5.74) is -0.647. The molecule has 122 valence electrons. The minimum atomic E-state index is -2.44. The fourth-order valence-corrected chi connectivity index (χ4v) is 2.06. The van der Waals surface area contributed by atoms with Gasteiger partial charge in [-0.25, -0.2) is 4.79 Å². The van der Waals surface area contributed by atoms with E-state index < -0.39 is 24.2 Å². The van der Waals surface area contributed by atoms with Gasteiger partial charge in [0.2, 0.25) is 0 Å². The molecule has 0 heterocycles. The number of ether oxygens (including phenoxy) is 2. The highest BCUT2D eigenvalue weighted by molar-refractivity contribution is 14.1. The molecule has 0 radical (unpaired) electrons. The van der Waals surface area contributed by atoms with Crippen molar-refractivity contribution in [2.75, 3.05) is 11.1 Å². The SMILES string of the molecule is [3H]c1ccccc1C([3H])([3H])OC(=O)N(CI)CCC(=O)OC(C)(C)C. The molecule has 22 heavy (non-hydrogen) atoms. The van der Waals surface area contributed by atoms with Crippen LogP contribution in [0.5, 0.6) is 0 Å². The molecule has 0 N–H and O–H groups in total. The van der Waals surface area contributed by atoms with E-state index in [-0.39, 0.29) is 29.1 Å². The van der Waals surface area contributed by atoms with E-state index in [0.29, 0.717) is 0 Å². The van der Waals surface area contributed by atoms with Crippen molar-refractivity contribution < 1.29 is 23.2 Å². The molecule has 0 unspecified atom stereocenters.